The first-order valence-electron chi connectivity index (χ1n) is 9.00. The molecule has 0 radical (unpaired) electrons. The summed E-state index contributed by atoms with van der Waals surface area (Å²) in [6.07, 6.45) is 4.83. The number of aliphatic hydroxyl groups is 2. The summed E-state index contributed by atoms with van der Waals surface area (Å²) in [5.41, 5.74) is 3.02. The molecule has 2 unspecified atom stereocenters. The molecule has 7 heteroatoms. The number of carboxylic acids is 1. The molecule has 0 aliphatic carbocycles. The summed E-state index contributed by atoms with van der Waals surface area (Å²) < 4.78 is 5.69. The highest BCUT2D eigenvalue weighted by Crippen LogP contribution is 2.17. The normalized spacial score (nSPS) is 14.2. The van der Waals surface area contributed by atoms with E-state index in [-0.39, 0.29) is 18.8 Å². The van der Waals surface area contributed by atoms with Gasteiger partial charge in [-0.1, -0.05) is 38.3 Å². The zero-order chi connectivity index (χ0) is 18.7. The van der Waals surface area contributed by atoms with E-state index < -0.39 is 24.2 Å². The maximum absolute atomic E-state index is 11.1. The van der Waals surface area contributed by atoms with Gasteiger partial charge in [-0.05, 0) is 37.0 Å². The van der Waals surface area contributed by atoms with Crippen LogP contribution in [0.5, 0.6) is 5.75 Å². The number of ether oxygens (including phenoxy) is 1. The highest BCUT2D eigenvalue weighted by molar-refractivity contribution is 5.76. The van der Waals surface area contributed by atoms with Gasteiger partial charge in [-0.25, -0.2) is 4.79 Å². The molecule has 26 heavy (non-hydrogen) atoms. The highest BCUT2D eigenvalue weighted by atomic mass is 35.5. The van der Waals surface area contributed by atoms with E-state index in [1.807, 2.05) is 24.3 Å². The van der Waals surface area contributed by atoms with E-state index in [1.54, 1.807) is 0 Å². The molecular formula is C19H32ClNO5. The smallest absolute Gasteiger partial charge is 0.368 e. The van der Waals surface area contributed by atoms with Gasteiger partial charge in [0.2, 0.25) is 5.54 Å². The summed E-state index contributed by atoms with van der Waals surface area (Å²) >= 11 is 0. The lowest BCUT2D eigenvalue weighted by molar-refractivity contribution is -0.472. The monoisotopic (exact) mass is 389 g/mol. The van der Waals surface area contributed by atoms with Crippen LogP contribution in [0.4, 0.5) is 0 Å². The Kier molecular flexibility index (Phi) is 12.3. The van der Waals surface area contributed by atoms with E-state index in [4.69, 9.17) is 9.84 Å². The lowest BCUT2D eigenvalue weighted by Crippen LogP contribution is -3.00. The van der Waals surface area contributed by atoms with Crippen LogP contribution in [0.3, 0.4) is 0 Å². The first-order valence-corrected chi connectivity index (χ1v) is 9.00. The number of carbonyl (C=O) groups is 1. The number of aryl methyl sites for hydroxylation is 1. The van der Waals surface area contributed by atoms with E-state index in [9.17, 15) is 15.0 Å². The van der Waals surface area contributed by atoms with Gasteiger partial charge in [-0.2, -0.15) is 0 Å². The Morgan fingerprint density at radius 3 is 2.42 bits per heavy atom. The molecule has 2 atom stereocenters. The average Bonchev–Trinajstić information content (AvgIpc) is 2.60. The second-order valence-corrected chi connectivity index (χ2v) is 6.69. The summed E-state index contributed by atoms with van der Waals surface area (Å²) in [4.78, 5) is 11.1. The van der Waals surface area contributed by atoms with E-state index in [0.717, 1.165) is 24.3 Å². The summed E-state index contributed by atoms with van der Waals surface area (Å²) in [5, 5.41) is 28.3. The van der Waals surface area contributed by atoms with Crippen molar-refractivity contribution < 1.29 is 43.0 Å². The second kappa shape index (κ2) is 12.9. The fraction of sp³-hybridized carbons (Fsp3) is 0.632. The molecule has 0 aromatic heterocycles. The van der Waals surface area contributed by atoms with Gasteiger partial charge in [0.1, 0.15) is 12.4 Å². The van der Waals surface area contributed by atoms with Crippen molar-refractivity contribution in [3.8, 4) is 5.75 Å². The Labute approximate surface area is 161 Å². The minimum absolute atomic E-state index is 0. The minimum atomic E-state index is -1.55. The molecule has 0 bridgehead atoms. The van der Waals surface area contributed by atoms with Gasteiger partial charge < -0.3 is 38.2 Å². The number of aliphatic hydroxyl groups excluding tert-OH is 2. The van der Waals surface area contributed by atoms with Gasteiger partial charge in [0, 0.05) is 6.42 Å². The third-order valence-electron chi connectivity index (χ3n) is 4.34. The number of hydrogen-bond donors (Lipinski definition) is 4. The maximum Gasteiger partial charge on any atom is 0.368 e. The Morgan fingerprint density at radius 1 is 1.23 bits per heavy atom. The molecule has 0 amide bonds. The van der Waals surface area contributed by atoms with Gasteiger partial charge in [0.25, 0.3) is 0 Å². The summed E-state index contributed by atoms with van der Waals surface area (Å²) in [5.74, 6) is -0.363. The minimum Gasteiger partial charge on any atom is -1.00 e. The van der Waals surface area contributed by atoms with Crippen LogP contribution in [0.25, 0.3) is 0 Å². The zero-order valence-corrected chi connectivity index (χ0v) is 16.2. The average molecular weight is 390 g/mol. The molecule has 150 valence electrons. The number of hydrogen-bond acceptors (Lipinski definition) is 4. The number of unbranched alkanes of at least 4 members (excludes halogenated alkanes) is 3. The zero-order valence-electron chi connectivity index (χ0n) is 15.5. The molecule has 0 aliphatic heterocycles. The third kappa shape index (κ3) is 8.85. The summed E-state index contributed by atoms with van der Waals surface area (Å²) in [6, 6.07) is 7.74. The largest absolute Gasteiger partial charge is 1.00 e. The quantitative estimate of drug-likeness (QED) is 0.303. The SMILES string of the molecule is CCCCCCOc1ccc(CCC(O)CC([NH3+])(CO)C(=O)O)cc1.[Cl-]. The molecule has 0 aliphatic rings. The molecule has 6 nitrogen and oxygen atoms in total. The summed E-state index contributed by atoms with van der Waals surface area (Å²) in [6.45, 7) is 2.31. The number of benzene rings is 1. The van der Waals surface area contributed by atoms with Crippen molar-refractivity contribution in [2.75, 3.05) is 13.2 Å². The molecular weight excluding hydrogens is 358 g/mol. The standard InChI is InChI=1S/C19H31NO5.ClH/c1-2-3-4-5-12-25-17-10-7-15(8-11-17)6-9-16(22)13-19(20,14-21)18(23)24;/h7-8,10-11,16,21-22H,2-6,9,12-14,20H2,1H3,(H,23,24);1H. The number of rotatable bonds is 13. The molecule has 0 saturated heterocycles. The van der Waals surface area contributed by atoms with Gasteiger partial charge in [0.15, 0.2) is 0 Å². The van der Waals surface area contributed by atoms with Crippen LogP contribution in [-0.4, -0.2) is 46.1 Å². The van der Waals surface area contributed by atoms with Gasteiger partial charge in [0.05, 0.1) is 12.7 Å². The van der Waals surface area contributed by atoms with Crippen LogP contribution in [-0.2, 0) is 11.2 Å². The molecule has 0 spiro atoms. The van der Waals surface area contributed by atoms with Crippen molar-refractivity contribution in [1.29, 1.82) is 0 Å². The molecule has 6 N–H and O–H groups in total. The Balaban J connectivity index is 0.00000625. The fourth-order valence-corrected chi connectivity index (χ4v) is 2.58. The number of halogens is 1. The Morgan fingerprint density at radius 2 is 1.88 bits per heavy atom. The van der Waals surface area contributed by atoms with E-state index >= 15 is 0 Å². The Bertz CT molecular complexity index is 511. The van der Waals surface area contributed by atoms with E-state index in [0.29, 0.717) is 12.8 Å². The molecule has 0 heterocycles. The maximum atomic E-state index is 11.1. The molecule has 1 rings (SSSR count). The molecule has 0 fully saturated rings. The number of aliphatic carboxylic acids is 1. The van der Waals surface area contributed by atoms with Crippen molar-refractivity contribution in [1.82, 2.24) is 0 Å². The predicted octanol–water partition coefficient (Wildman–Crippen LogP) is -1.61. The van der Waals surface area contributed by atoms with Crippen LogP contribution in [0, 0.1) is 0 Å². The molecule has 1 aromatic carbocycles. The van der Waals surface area contributed by atoms with Crippen molar-refractivity contribution in [2.24, 2.45) is 0 Å². The lowest BCUT2D eigenvalue weighted by Gasteiger charge is -2.21. The van der Waals surface area contributed by atoms with Crippen molar-refractivity contribution in [3.05, 3.63) is 29.8 Å². The van der Waals surface area contributed by atoms with Gasteiger partial charge in [-0.15, -0.1) is 0 Å². The predicted molar refractivity (Wildman–Crippen MR) is 95.4 cm³/mol. The number of carboxylic acid groups (broad SMARTS) is 1. The first kappa shape index (κ1) is 24.7. The van der Waals surface area contributed by atoms with Crippen LogP contribution < -0.4 is 22.9 Å². The van der Waals surface area contributed by atoms with Gasteiger partial charge in [-0.3, -0.25) is 0 Å². The lowest BCUT2D eigenvalue weighted by atomic mass is 9.91. The topological polar surface area (TPSA) is 115 Å². The number of quaternary nitrogens is 1. The van der Waals surface area contributed by atoms with Crippen molar-refractivity contribution in [2.45, 2.75) is 63.5 Å². The van der Waals surface area contributed by atoms with Crippen LogP contribution in [0.1, 0.15) is 51.0 Å². The third-order valence-corrected chi connectivity index (χ3v) is 4.34. The second-order valence-electron chi connectivity index (χ2n) is 6.69. The van der Waals surface area contributed by atoms with E-state index in [1.165, 1.54) is 19.3 Å². The molecule has 0 saturated carbocycles. The van der Waals surface area contributed by atoms with Crippen LogP contribution in [0.2, 0.25) is 0 Å². The van der Waals surface area contributed by atoms with Crippen LogP contribution >= 0.6 is 0 Å². The summed E-state index contributed by atoms with van der Waals surface area (Å²) in [7, 11) is 0. The first-order chi connectivity index (χ1) is 11.9. The van der Waals surface area contributed by atoms with Crippen molar-refractivity contribution >= 4 is 5.97 Å². The van der Waals surface area contributed by atoms with E-state index in [2.05, 4.69) is 12.7 Å². The fourth-order valence-electron chi connectivity index (χ4n) is 2.58. The Hall–Kier alpha value is -1.34. The highest BCUT2D eigenvalue weighted by Gasteiger charge is 2.39. The van der Waals surface area contributed by atoms with Gasteiger partial charge >= 0.3 is 5.97 Å². The van der Waals surface area contributed by atoms with Crippen LogP contribution in [0.15, 0.2) is 24.3 Å². The van der Waals surface area contributed by atoms with Crippen molar-refractivity contribution in [3.63, 3.8) is 0 Å². The molecule has 1 aromatic rings.